The Kier molecular flexibility index (Phi) is 4.48. The molecular weight excluding hydrogens is 328 g/mol. The molecule has 2 aliphatic rings. The standard InChI is InChI=1S/C19H26N6O/c1-19(2)9-15(23-17-12-20-5-6-21-17)14-11-22-18(24-16(14)10-19)25-7-3-13(26)4-8-25/h5-6,11-13,15,26H,3-4,7-10H2,1-2H3,(H,21,23)/t15-/m0/s1. The molecule has 0 radical (unpaired) electrons. The summed E-state index contributed by atoms with van der Waals surface area (Å²) in [5.41, 5.74) is 2.41. The molecule has 7 nitrogen and oxygen atoms in total. The Bertz CT molecular complexity index is 758. The molecule has 1 atom stereocenters. The summed E-state index contributed by atoms with van der Waals surface area (Å²) in [6.07, 6.45) is 10.4. The Morgan fingerprint density at radius 1 is 1.15 bits per heavy atom. The van der Waals surface area contributed by atoms with Crippen LogP contribution in [0.5, 0.6) is 0 Å². The normalized spacial score (nSPS) is 22.7. The highest BCUT2D eigenvalue weighted by Gasteiger charge is 2.34. The minimum Gasteiger partial charge on any atom is -0.393 e. The molecule has 1 fully saturated rings. The van der Waals surface area contributed by atoms with Crippen molar-refractivity contribution in [2.24, 2.45) is 5.41 Å². The number of aliphatic hydroxyl groups excluding tert-OH is 1. The van der Waals surface area contributed by atoms with Crippen LogP contribution in [0.15, 0.2) is 24.8 Å². The van der Waals surface area contributed by atoms with Crippen molar-refractivity contribution in [1.82, 2.24) is 19.9 Å². The Morgan fingerprint density at radius 2 is 1.96 bits per heavy atom. The number of hydrogen-bond acceptors (Lipinski definition) is 7. The number of nitrogens with zero attached hydrogens (tertiary/aromatic N) is 5. The SMILES string of the molecule is CC1(C)Cc2nc(N3CCC(O)CC3)ncc2[C@@H](Nc2cnccn2)C1. The van der Waals surface area contributed by atoms with Crippen LogP contribution < -0.4 is 10.2 Å². The molecule has 1 aliphatic carbocycles. The molecule has 7 heteroatoms. The molecule has 1 saturated heterocycles. The van der Waals surface area contributed by atoms with Crippen LogP contribution in [-0.4, -0.2) is 44.2 Å². The third-order valence-corrected chi connectivity index (χ3v) is 5.30. The lowest BCUT2D eigenvalue weighted by Crippen LogP contribution is -2.38. The topological polar surface area (TPSA) is 87.1 Å². The fraction of sp³-hybridized carbons (Fsp3) is 0.579. The number of hydrogen-bond donors (Lipinski definition) is 2. The van der Waals surface area contributed by atoms with Gasteiger partial charge in [0.05, 0.1) is 24.0 Å². The van der Waals surface area contributed by atoms with Gasteiger partial charge < -0.3 is 15.3 Å². The number of piperidine rings is 1. The number of aromatic nitrogens is 4. The van der Waals surface area contributed by atoms with Gasteiger partial charge in [0, 0.05) is 37.2 Å². The lowest BCUT2D eigenvalue weighted by Gasteiger charge is -2.37. The second-order valence-corrected chi connectivity index (χ2v) is 8.12. The van der Waals surface area contributed by atoms with E-state index in [0.29, 0.717) is 0 Å². The van der Waals surface area contributed by atoms with Crippen LogP contribution >= 0.6 is 0 Å². The van der Waals surface area contributed by atoms with Gasteiger partial charge in [0.2, 0.25) is 5.95 Å². The highest BCUT2D eigenvalue weighted by atomic mass is 16.3. The minimum atomic E-state index is -0.191. The van der Waals surface area contributed by atoms with Gasteiger partial charge >= 0.3 is 0 Å². The summed E-state index contributed by atoms with van der Waals surface area (Å²) in [7, 11) is 0. The molecule has 0 unspecified atom stereocenters. The first-order chi connectivity index (χ1) is 12.5. The third kappa shape index (κ3) is 3.62. The van der Waals surface area contributed by atoms with E-state index in [1.165, 1.54) is 0 Å². The maximum Gasteiger partial charge on any atom is 0.225 e. The number of fused-ring (bicyclic) bond motifs is 1. The van der Waals surface area contributed by atoms with Crippen molar-refractivity contribution in [2.45, 2.75) is 51.7 Å². The van der Waals surface area contributed by atoms with Gasteiger partial charge in [0.25, 0.3) is 0 Å². The summed E-state index contributed by atoms with van der Waals surface area (Å²) < 4.78 is 0. The van der Waals surface area contributed by atoms with Crippen molar-refractivity contribution < 1.29 is 5.11 Å². The number of aliphatic hydroxyl groups is 1. The first kappa shape index (κ1) is 17.1. The van der Waals surface area contributed by atoms with Crippen molar-refractivity contribution >= 4 is 11.8 Å². The van der Waals surface area contributed by atoms with E-state index in [0.717, 1.165) is 61.8 Å². The van der Waals surface area contributed by atoms with Crippen molar-refractivity contribution in [3.63, 3.8) is 0 Å². The monoisotopic (exact) mass is 354 g/mol. The summed E-state index contributed by atoms with van der Waals surface area (Å²) in [4.78, 5) is 20.2. The highest BCUT2D eigenvalue weighted by molar-refractivity contribution is 5.41. The van der Waals surface area contributed by atoms with Crippen molar-refractivity contribution in [3.05, 3.63) is 36.0 Å². The van der Waals surface area contributed by atoms with E-state index in [1.807, 2.05) is 6.20 Å². The van der Waals surface area contributed by atoms with E-state index in [2.05, 4.69) is 39.0 Å². The van der Waals surface area contributed by atoms with Crippen molar-refractivity contribution in [2.75, 3.05) is 23.3 Å². The van der Waals surface area contributed by atoms with Crippen LogP contribution in [-0.2, 0) is 6.42 Å². The van der Waals surface area contributed by atoms with Gasteiger partial charge in [-0.3, -0.25) is 4.98 Å². The van der Waals surface area contributed by atoms with Gasteiger partial charge in [-0.05, 0) is 31.1 Å². The molecule has 4 rings (SSSR count). The van der Waals surface area contributed by atoms with Crippen molar-refractivity contribution in [3.8, 4) is 0 Å². The average Bonchev–Trinajstić information content (AvgIpc) is 2.62. The molecule has 0 bridgehead atoms. The number of nitrogens with one attached hydrogen (secondary N) is 1. The lowest BCUT2D eigenvalue weighted by molar-refractivity contribution is 0.145. The Morgan fingerprint density at radius 3 is 2.69 bits per heavy atom. The molecule has 1 aliphatic heterocycles. The van der Waals surface area contributed by atoms with Gasteiger partial charge in [-0.1, -0.05) is 13.8 Å². The molecule has 138 valence electrons. The molecule has 0 saturated carbocycles. The summed E-state index contributed by atoms with van der Waals surface area (Å²) in [6.45, 7) is 6.18. The maximum atomic E-state index is 9.72. The predicted molar refractivity (Wildman–Crippen MR) is 100.0 cm³/mol. The van der Waals surface area contributed by atoms with E-state index < -0.39 is 0 Å². The van der Waals surface area contributed by atoms with Crippen LogP contribution in [0, 0.1) is 5.41 Å². The van der Waals surface area contributed by atoms with Crippen molar-refractivity contribution in [1.29, 1.82) is 0 Å². The first-order valence-corrected chi connectivity index (χ1v) is 9.31. The fourth-order valence-corrected chi connectivity index (χ4v) is 3.94. The molecule has 26 heavy (non-hydrogen) atoms. The summed E-state index contributed by atoms with van der Waals surface area (Å²) in [5.74, 6) is 1.56. The largest absolute Gasteiger partial charge is 0.393 e. The van der Waals surface area contributed by atoms with E-state index in [-0.39, 0.29) is 17.6 Å². The van der Waals surface area contributed by atoms with Crippen LogP contribution in [0.1, 0.15) is 50.4 Å². The first-order valence-electron chi connectivity index (χ1n) is 9.31. The smallest absolute Gasteiger partial charge is 0.225 e. The third-order valence-electron chi connectivity index (χ3n) is 5.30. The van der Waals surface area contributed by atoms with E-state index in [4.69, 9.17) is 4.98 Å². The molecule has 0 spiro atoms. The second-order valence-electron chi connectivity index (χ2n) is 8.12. The predicted octanol–water partition coefficient (Wildman–Crippen LogP) is 2.35. The minimum absolute atomic E-state index is 0.127. The summed E-state index contributed by atoms with van der Waals surface area (Å²) >= 11 is 0. The molecule has 0 amide bonds. The maximum absolute atomic E-state index is 9.72. The van der Waals surface area contributed by atoms with Gasteiger partial charge in [0.1, 0.15) is 5.82 Å². The Balaban J connectivity index is 1.61. The van der Waals surface area contributed by atoms with E-state index in [9.17, 15) is 5.11 Å². The lowest BCUT2D eigenvalue weighted by atomic mass is 9.74. The molecule has 3 heterocycles. The van der Waals surface area contributed by atoms with E-state index >= 15 is 0 Å². The molecule has 2 aromatic heterocycles. The second kappa shape index (κ2) is 6.79. The van der Waals surface area contributed by atoms with Gasteiger partial charge in [-0.2, -0.15) is 0 Å². The van der Waals surface area contributed by atoms with Gasteiger partial charge in [-0.25, -0.2) is 15.0 Å². The fourth-order valence-electron chi connectivity index (χ4n) is 3.94. The summed E-state index contributed by atoms with van der Waals surface area (Å²) in [6, 6.07) is 0.127. The van der Waals surface area contributed by atoms with Crippen LogP contribution in [0.4, 0.5) is 11.8 Å². The van der Waals surface area contributed by atoms with Gasteiger partial charge in [-0.15, -0.1) is 0 Å². The average molecular weight is 354 g/mol. The molecule has 0 aromatic carbocycles. The molecule has 2 aromatic rings. The zero-order chi connectivity index (χ0) is 18.1. The highest BCUT2D eigenvalue weighted by Crippen LogP contribution is 2.41. The zero-order valence-electron chi connectivity index (χ0n) is 15.4. The Hall–Kier alpha value is -2.28. The zero-order valence-corrected chi connectivity index (χ0v) is 15.4. The Labute approximate surface area is 153 Å². The number of rotatable bonds is 3. The van der Waals surface area contributed by atoms with Crippen LogP contribution in [0.3, 0.4) is 0 Å². The quantitative estimate of drug-likeness (QED) is 0.875. The van der Waals surface area contributed by atoms with Crippen LogP contribution in [0.25, 0.3) is 0 Å². The summed E-state index contributed by atoms with van der Waals surface area (Å²) in [5, 5.41) is 13.2. The molecular formula is C19H26N6O. The van der Waals surface area contributed by atoms with Gasteiger partial charge in [0.15, 0.2) is 0 Å². The van der Waals surface area contributed by atoms with Crippen LogP contribution in [0.2, 0.25) is 0 Å². The number of anilines is 2. The van der Waals surface area contributed by atoms with E-state index in [1.54, 1.807) is 18.6 Å². The molecule has 2 N–H and O–H groups in total.